The second kappa shape index (κ2) is 7.49. The minimum atomic E-state index is -0.0628. The second-order valence-corrected chi connectivity index (χ2v) is 8.65. The quantitative estimate of drug-likeness (QED) is 0.822. The van der Waals surface area contributed by atoms with Crippen molar-refractivity contribution in [1.82, 2.24) is 14.8 Å². The highest BCUT2D eigenvalue weighted by Crippen LogP contribution is 2.28. The Morgan fingerprint density at radius 2 is 1.96 bits per heavy atom. The maximum absolute atomic E-state index is 13.2. The van der Waals surface area contributed by atoms with Gasteiger partial charge in [-0.3, -0.25) is 9.69 Å². The van der Waals surface area contributed by atoms with E-state index in [1.54, 1.807) is 11.3 Å². The summed E-state index contributed by atoms with van der Waals surface area (Å²) in [4.78, 5) is 22.4. The van der Waals surface area contributed by atoms with Gasteiger partial charge in [0.05, 0.1) is 16.7 Å². The van der Waals surface area contributed by atoms with Crippen molar-refractivity contribution < 1.29 is 4.79 Å². The number of fused-ring (bicyclic) bond motifs is 1. The zero-order valence-electron chi connectivity index (χ0n) is 15.6. The number of rotatable bonds is 4. The molecule has 1 unspecified atom stereocenters. The number of hydrogen-bond acceptors (Lipinski definition) is 4. The first-order valence-corrected chi connectivity index (χ1v) is 10.5. The lowest BCUT2D eigenvalue weighted by Gasteiger charge is -2.37. The summed E-state index contributed by atoms with van der Waals surface area (Å²) in [5.74, 6) is 0.758. The molecular formula is C21H27N3OS. The smallest absolute Gasteiger partial charge is 0.240 e. The van der Waals surface area contributed by atoms with Crippen molar-refractivity contribution in [2.75, 3.05) is 13.1 Å². The molecule has 26 heavy (non-hydrogen) atoms. The molecule has 4 nitrogen and oxygen atoms in total. The summed E-state index contributed by atoms with van der Waals surface area (Å²) in [6, 6.07) is 8.49. The molecule has 0 aliphatic carbocycles. The van der Waals surface area contributed by atoms with Gasteiger partial charge in [-0.15, -0.1) is 11.3 Å². The lowest BCUT2D eigenvalue weighted by Crippen LogP contribution is -2.50. The Labute approximate surface area is 159 Å². The summed E-state index contributed by atoms with van der Waals surface area (Å²) in [5, 5.41) is 3.34. The average Bonchev–Trinajstić information content (AvgIpc) is 3.32. The van der Waals surface area contributed by atoms with Crippen molar-refractivity contribution in [1.29, 1.82) is 0 Å². The molecule has 2 aromatic rings. The van der Waals surface area contributed by atoms with Crippen LogP contribution in [0.15, 0.2) is 29.6 Å². The van der Waals surface area contributed by atoms with Crippen LogP contribution in [0, 0.1) is 0 Å². The third-order valence-corrected chi connectivity index (χ3v) is 6.67. The van der Waals surface area contributed by atoms with E-state index in [9.17, 15) is 4.79 Å². The largest absolute Gasteiger partial charge is 0.341 e. The number of nitrogens with zero attached hydrogens (tertiary/aromatic N) is 3. The maximum Gasteiger partial charge on any atom is 0.240 e. The summed E-state index contributed by atoms with van der Waals surface area (Å²) in [5.41, 5.74) is 3.76. The predicted molar refractivity (Wildman–Crippen MR) is 105 cm³/mol. The summed E-state index contributed by atoms with van der Waals surface area (Å²) in [6.07, 6.45) is 3.09. The van der Waals surface area contributed by atoms with Crippen LogP contribution in [0.3, 0.4) is 0 Å². The van der Waals surface area contributed by atoms with E-state index in [1.165, 1.54) is 16.1 Å². The lowest BCUT2D eigenvalue weighted by molar-refractivity contribution is -0.136. The standard InChI is InChI=1S/C21H27N3OS/c1-15(2)20-22-18(14-26-20)13-24-12-17-8-4-3-7-16(17)11-19(24)21(25)23-9-5-6-10-23/h3-4,7-8,14-15,19H,5-6,9-13H2,1-2H3. The van der Waals surface area contributed by atoms with Gasteiger partial charge in [-0.05, 0) is 30.4 Å². The van der Waals surface area contributed by atoms with Crippen LogP contribution in [0.4, 0.5) is 0 Å². The van der Waals surface area contributed by atoms with Crippen molar-refractivity contribution in [3.05, 3.63) is 51.5 Å². The van der Waals surface area contributed by atoms with E-state index >= 15 is 0 Å². The Hall–Kier alpha value is -1.72. The van der Waals surface area contributed by atoms with Crippen LogP contribution in [-0.2, 0) is 24.3 Å². The normalized spacial score (nSPS) is 20.6. The SMILES string of the molecule is CC(C)c1nc(CN2Cc3ccccc3CC2C(=O)N2CCCC2)cs1. The predicted octanol–water partition coefficient (Wildman–Crippen LogP) is 3.82. The van der Waals surface area contributed by atoms with Crippen LogP contribution in [-0.4, -0.2) is 39.8 Å². The van der Waals surface area contributed by atoms with Crippen molar-refractivity contribution in [3.63, 3.8) is 0 Å². The molecule has 0 radical (unpaired) electrons. The molecule has 1 aromatic heterocycles. The maximum atomic E-state index is 13.2. The fourth-order valence-electron chi connectivity index (χ4n) is 4.00. The number of likely N-dealkylation sites (tertiary alicyclic amines) is 1. The first kappa shape index (κ1) is 17.7. The molecule has 0 saturated carbocycles. The number of carbonyl (C=O) groups excluding carboxylic acids is 1. The molecular weight excluding hydrogens is 342 g/mol. The van der Waals surface area contributed by atoms with E-state index in [1.807, 2.05) is 0 Å². The van der Waals surface area contributed by atoms with Crippen LogP contribution in [0.2, 0.25) is 0 Å². The minimum absolute atomic E-state index is 0.0628. The van der Waals surface area contributed by atoms with Gasteiger partial charge in [0, 0.05) is 37.5 Å². The molecule has 1 amide bonds. The molecule has 4 rings (SSSR count). The first-order valence-electron chi connectivity index (χ1n) is 9.65. The van der Waals surface area contributed by atoms with Gasteiger partial charge in [0.25, 0.3) is 0 Å². The van der Waals surface area contributed by atoms with Gasteiger partial charge in [0.2, 0.25) is 5.91 Å². The monoisotopic (exact) mass is 369 g/mol. The van der Waals surface area contributed by atoms with Gasteiger partial charge in [0.1, 0.15) is 0 Å². The second-order valence-electron chi connectivity index (χ2n) is 7.76. The molecule has 0 spiro atoms. The van der Waals surface area contributed by atoms with Crippen molar-refractivity contribution >= 4 is 17.2 Å². The van der Waals surface area contributed by atoms with Gasteiger partial charge in [-0.1, -0.05) is 38.1 Å². The Morgan fingerprint density at radius 3 is 2.65 bits per heavy atom. The van der Waals surface area contributed by atoms with Crippen molar-refractivity contribution in [2.45, 2.75) is 58.2 Å². The van der Waals surface area contributed by atoms with Gasteiger partial charge in [0.15, 0.2) is 0 Å². The van der Waals surface area contributed by atoms with Gasteiger partial charge in [-0.25, -0.2) is 4.98 Å². The topological polar surface area (TPSA) is 36.4 Å². The van der Waals surface area contributed by atoms with E-state index in [-0.39, 0.29) is 6.04 Å². The molecule has 0 N–H and O–H groups in total. The van der Waals surface area contributed by atoms with Gasteiger partial charge >= 0.3 is 0 Å². The zero-order chi connectivity index (χ0) is 18.1. The summed E-state index contributed by atoms with van der Waals surface area (Å²) in [6.45, 7) is 7.77. The molecule has 2 aliphatic rings. The number of aromatic nitrogens is 1. The number of carbonyl (C=O) groups is 1. The van der Waals surface area contributed by atoms with Crippen LogP contribution >= 0.6 is 11.3 Å². The molecule has 2 aliphatic heterocycles. The fraction of sp³-hybridized carbons (Fsp3) is 0.524. The lowest BCUT2D eigenvalue weighted by atomic mass is 9.93. The molecule has 5 heteroatoms. The zero-order valence-corrected chi connectivity index (χ0v) is 16.5. The number of amides is 1. The van der Waals surface area contributed by atoms with E-state index in [0.29, 0.717) is 11.8 Å². The molecule has 138 valence electrons. The Bertz CT molecular complexity index is 779. The minimum Gasteiger partial charge on any atom is -0.341 e. The fourth-order valence-corrected chi connectivity index (χ4v) is 4.83. The van der Waals surface area contributed by atoms with Gasteiger partial charge in [-0.2, -0.15) is 0 Å². The summed E-state index contributed by atoms with van der Waals surface area (Å²) >= 11 is 1.73. The average molecular weight is 370 g/mol. The van der Waals surface area contributed by atoms with E-state index < -0.39 is 0 Å². The Kier molecular flexibility index (Phi) is 5.09. The molecule has 1 saturated heterocycles. The van der Waals surface area contributed by atoms with Crippen molar-refractivity contribution in [2.24, 2.45) is 0 Å². The number of thiazole rings is 1. The Morgan fingerprint density at radius 1 is 1.23 bits per heavy atom. The number of benzene rings is 1. The molecule has 1 aromatic carbocycles. The highest BCUT2D eigenvalue weighted by molar-refractivity contribution is 7.09. The molecule has 1 fully saturated rings. The van der Waals surface area contributed by atoms with Crippen LogP contribution in [0.5, 0.6) is 0 Å². The highest BCUT2D eigenvalue weighted by Gasteiger charge is 2.35. The molecule has 0 bridgehead atoms. The van der Waals surface area contributed by atoms with E-state index in [2.05, 4.69) is 53.3 Å². The number of hydrogen-bond donors (Lipinski definition) is 0. The third-order valence-electron chi connectivity index (χ3n) is 5.48. The first-order chi connectivity index (χ1) is 12.6. The van der Waals surface area contributed by atoms with Crippen LogP contribution in [0.1, 0.15) is 54.4 Å². The summed E-state index contributed by atoms with van der Waals surface area (Å²) in [7, 11) is 0. The third kappa shape index (κ3) is 3.55. The van der Waals surface area contributed by atoms with Crippen LogP contribution < -0.4 is 0 Å². The van der Waals surface area contributed by atoms with E-state index in [0.717, 1.165) is 51.1 Å². The van der Waals surface area contributed by atoms with Crippen molar-refractivity contribution in [3.8, 4) is 0 Å². The highest BCUT2D eigenvalue weighted by atomic mass is 32.1. The van der Waals surface area contributed by atoms with Crippen LogP contribution in [0.25, 0.3) is 0 Å². The molecule has 3 heterocycles. The van der Waals surface area contributed by atoms with Gasteiger partial charge < -0.3 is 4.90 Å². The van der Waals surface area contributed by atoms with E-state index in [4.69, 9.17) is 4.98 Å². The molecule has 1 atom stereocenters. The Balaban J connectivity index is 1.58. The summed E-state index contributed by atoms with van der Waals surface area (Å²) < 4.78 is 0.